The number of nitrogens with one attached hydrogen (secondary N) is 1. The third-order valence-corrected chi connectivity index (χ3v) is 5.33. The molecule has 0 radical (unpaired) electrons. The van der Waals surface area contributed by atoms with Crippen molar-refractivity contribution in [1.29, 1.82) is 0 Å². The number of aromatic nitrogens is 2. The number of hydrogen-bond acceptors (Lipinski definition) is 4. The lowest BCUT2D eigenvalue weighted by Crippen LogP contribution is -2.28. The quantitative estimate of drug-likeness (QED) is 0.525. The van der Waals surface area contributed by atoms with E-state index in [1.54, 1.807) is 10.6 Å². The van der Waals surface area contributed by atoms with E-state index in [-0.39, 0.29) is 17.5 Å². The number of amides is 1. The summed E-state index contributed by atoms with van der Waals surface area (Å²) >= 11 is 1.30. The summed E-state index contributed by atoms with van der Waals surface area (Å²) in [5.41, 5.74) is 2.46. The van der Waals surface area contributed by atoms with Gasteiger partial charge in [-0.15, -0.1) is 0 Å². The number of nitrogens with zero attached hydrogens (tertiary/aromatic N) is 2. The largest absolute Gasteiger partial charge is 0.325 e. The standard InChI is InChI=1S/C21H23N3O2S/c1-13(2)24-20(26)17-7-5-6-8-18(17)23-21(24)27-15(4)19(25)22-16-11-9-14(3)10-12-16/h5-13,15H,1-4H3,(H,22,25)/t15-/m0/s1. The second-order valence-electron chi connectivity index (χ2n) is 6.80. The van der Waals surface area contributed by atoms with Crippen LogP contribution >= 0.6 is 11.8 Å². The van der Waals surface area contributed by atoms with Crippen molar-refractivity contribution in [2.75, 3.05) is 5.32 Å². The highest BCUT2D eigenvalue weighted by molar-refractivity contribution is 8.00. The first kappa shape index (κ1) is 19.2. The topological polar surface area (TPSA) is 64.0 Å². The van der Waals surface area contributed by atoms with Crippen LogP contribution in [-0.2, 0) is 4.79 Å². The summed E-state index contributed by atoms with van der Waals surface area (Å²) in [5.74, 6) is -0.124. The van der Waals surface area contributed by atoms with Crippen molar-refractivity contribution in [3.63, 3.8) is 0 Å². The predicted octanol–water partition coefficient (Wildman–Crippen LogP) is 4.41. The molecule has 0 unspecified atom stereocenters. The Morgan fingerprint density at radius 2 is 1.74 bits per heavy atom. The van der Waals surface area contributed by atoms with Gasteiger partial charge in [0.15, 0.2) is 5.16 Å². The Labute approximate surface area is 162 Å². The van der Waals surface area contributed by atoms with Crippen LogP contribution in [0.25, 0.3) is 10.9 Å². The summed E-state index contributed by atoms with van der Waals surface area (Å²) in [6, 6.07) is 14.9. The summed E-state index contributed by atoms with van der Waals surface area (Å²) < 4.78 is 1.66. The molecule has 140 valence electrons. The number of benzene rings is 2. The summed E-state index contributed by atoms with van der Waals surface area (Å²) in [5, 5.41) is 3.66. The molecule has 2 aromatic carbocycles. The van der Waals surface area contributed by atoms with E-state index >= 15 is 0 Å². The normalized spacial score (nSPS) is 12.3. The van der Waals surface area contributed by atoms with Crippen LogP contribution in [0.1, 0.15) is 32.4 Å². The van der Waals surface area contributed by atoms with E-state index in [2.05, 4.69) is 10.3 Å². The summed E-state index contributed by atoms with van der Waals surface area (Å²) in [4.78, 5) is 30.1. The average molecular weight is 382 g/mol. The molecule has 1 atom stereocenters. The molecule has 0 saturated heterocycles. The van der Waals surface area contributed by atoms with E-state index in [4.69, 9.17) is 0 Å². The lowest BCUT2D eigenvalue weighted by molar-refractivity contribution is -0.115. The first-order chi connectivity index (χ1) is 12.9. The number of fused-ring (bicyclic) bond motifs is 1. The highest BCUT2D eigenvalue weighted by Crippen LogP contribution is 2.25. The molecule has 3 aromatic rings. The number of thioether (sulfide) groups is 1. The molecule has 0 aliphatic carbocycles. The Morgan fingerprint density at radius 3 is 2.41 bits per heavy atom. The van der Waals surface area contributed by atoms with Gasteiger partial charge < -0.3 is 5.32 Å². The number of rotatable bonds is 5. The Balaban J connectivity index is 1.88. The molecule has 1 aromatic heterocycles. The fourth-order valence-electron chi connectivity index (χ4n) is 2.76. The smallest absolute Gasteiger partial charge is 0.262 e. The Hall–Kier alpha value is -2.60. The van der Waals surface area contributed by atoms with Crippen LogP contribution in [0.5, 0.6) is 0 Å². The third-order valence-electron chi connectivity index (χ3n) is 4.26. The van der Waals surface area contributed by atoms with E-state index in [9.17, 15) is 9.59 Å². The molecule has 5 nitrogen and oxygen atoms in total. The van der Waals surface area contributed by atoms with Crippen molar-refractivity contribution in [1.82, 2.24) is 9.55 Å². The minimum Gasteiger partial charge on any atom is -0.325 e. The van der Waals surface area contributed by atoms with Crippen molar-refractivity contribution in [3.8, 4) is 0 Å². The third kappa shape index (κ3) is 4.22. The van der Waals surface area contributed by atoms with Crippen LogP contribution in [0, 0.1) is 6.92 Å². The second-order valence-corrected chi connectivity index (χ2v) is 8.10. The zero-order chi connectivity index (χ0) is 19.6. The highest BCUT2D eigenvalue weighted by atomic mass is 32.2. The highest BCUT2D eigenvalue weighted by Gasteiger charge is 2.20. The Morgan fingerprint density at radius 1 is 1.07 bits per heavy atom. The first-order valence-corrected chi connectivity index (χ1v) is 9.80. The van der Waals surface area contributed by atoms with Crippen molar-refractivity contribution < 1.29 is 4.79 Å². The van der Waals surface area contributed by atoms with E-state index in [1.807, 2.05) is 70.2 Å². The van der Waals surface area contributed by atoms with Crippen LogP contribution in [0.3, 0.4) is 0 Å². The summed E-state index contributed by atoms with van der Waals surface area (Å²) in [7, 11) is 0. The zero-order valence-electron chi connectivity index (χ0n) is 15.9. The van der Waals surface area contributed by atoms with Gasteiger partial charge in [0, 0.05) is 11.7 Å². The number of para-hydroxylation sites is 1. The maximum atomic E-state index is 12.9. The monoisotopic (exact) mass is 381 g/mol. The molecule has 1 N–H and O–H groups in total. The average Bonchev–Trinajstić information content (AvgIpc) is 2.63. The molecule has 0 aliphatic heterocycles. The van der Waals surface area contributed by atoms with Gasteiger partial charge in [0.25, 0.3) is 5.56 Å². The minimum atomic E-state index is -0.399. The van der Waals surface area contributed by atoms with Gasteiger partial charge >= 0.3 is 0 Å². The first-order valence-electron chi connectivity index (χ1n) is 8.92. The van der Waals surface area contributed by atoms with Crippen LogP contribution < -0.4 is 10.9 Å². The van der Waals surface area contributed by atoms with Gasteiger partial charge in [-0.2, -0.15) is 0 Å². The lowest BCUT2D eigenvalue weighted by Gasteiger charge is -2.18. The minimum absolute atomic E-state index is 0.0514. The molecule has 0 spiro atoms. The van der Waals surface area contributed by atoms with Gasteiger partial charge in [0.2, 0.25) is 5.91 Å². The molecule has 0 fully saturated rings. The molecule has 3 rings (SSSR count). The van der Waals surface area contributed by atoms with Gasteiger partial charge in [0.05, 0.1) is 16.2 Å². The van der Waals surface area contributed by atoms with Crippen LogP contribution in [0.15, 0.2) is 58.5 Å². The van der Waals surface area contributed by atoms with E-state index in [0.29, 0.717) is 16.1 Å². The molecule has 1 amide bonds. The van der Waals surface area contributed by atoms with Gasteiger partial charge in [-0.05, 0) is 52.0 Å². The Kier molecular flexibility index (Phi) is 5.65. The van der Waals surface area contributed by atoms with Crippen LogP contribution in [0.4, 0.5) is 5.69 Å². The van der Waals surface area contributed by atoms with Crippen LogP contribution in [0.2, 0.25) is 0 Å². The Bertz CT molecular complexity index is 1030. The number of hydrogen-bond donors (Lipinski definition) is 1. The molecule has 6 heteroatoms. The molecular weight excluding hydrogens is 358 g/mol. The number of aryl methyl sites for hydroxylation is 1. The van der Waals surface area contributed by atoms with Gasteiger partial charge in [0.1, 0.15) is 0 Å². The van der Waals surface area contributed by atoms with Crippen LogP contribution in [-0.4, -0.2) is 20.7 Å². The number of carbonyl (C=O) groups excluding carboxylic acids is 1. The fourth-order valence-corrected chi connectivity index (χ4v) is 3.80. The van der Waals surface area contributed by atoms with Crippen molar-refractivity contribution in [3.05, 3.63) is 64.4 Å². The molecule has 0 aliphatic rings. The number of anilines is 1. The maximum absolute atomic E-state index is 12.9. The lowest BCUT2D eigenvalue weighted by atomic mass is 10.2. The second kappa shape index (κ2) is 7.96. The van der Waals surface area contributed by atoms with Gasteiger partial charge in [-0.1, -0.05) is 41.6 Å². The molecule has 27 heavy (non-hydrogen) atoms. The van der Waals surface area contributed by atoms with Gasteiger partial charge in [-0.3, -0.25) is 14.2 Å². The van der Waals surface area contributed by atoms with E-state index in [1.165, 1.54) is 11.8 Å². The molecule has 0 saturated carbocycles. The van der Waals surface area contributed by atoms with Gasteiger partial charge in [-0.25, -0.2) is 4.98 Å². The summed E-state index contributed by atoms with van der Waals surface area (Å²) in [6.07, 6.45) is 0. The van der Waals surface area contributed by atoms with E-state index in [0.717, 1.165) is 11.3 Å². The zero-order valence-corrected chi connectivity index (χ0v) is 16.7. The van der Waals surface area contributed by atoms with Crippen molar-refractivity contribution >= 4 is 34.3 Å². The maximum Gasteiger partial charge on any atom is 0.262 e. The molecule has 1 heterocycles. The molecule has 0 bridgehead atoms. The number of carbonyl (C=O) groups is 1. The fraction of sp³-hybridized carbons (Fsp3) is 0.286. The summed E-state index contributed by atoms with van der Waals surface area (Å²) in [6.45, 7) is 7.71. The SMILES string of the molecule is Cc1ccc(NC(=O)[C@H](C)Sc2nc3ccccc3c(=O)n2C(C)C)cc1. The van der Waals surface area contributed by atoms with E-state index < -0.39 is 5.25 Å². The van der Waals surface area contributed by atoms with Crippen molar-refractivity contribution in [2.45, 2.75) is 44.1 Å². The van der Waals surface area contributed by atoms with Crippen molar-refractivity contribution in [2.24, 2.45) is 0 Å². The predicted molar refractivity (Wildman–Crippen MR) is 112 cm³/mol. The molecular formula is C21H23N3O2S.